The molecule has 1 unspecified atom stereocenters. The molecule has 0 radical (unpaired) electrons. The lowest BCUT2D eigenvalue weighted by atomic mass is 9.99. The molecule has 1 aromatic heterocycles. The van der Waals surface area contributed by atoms with Crippen molar-refractivity contribution in [3.8, 4) is 0 Å². The molecule has 2 nitrogen and oxygen atoms in total. The number of nitrogens with zero attached hydrogens (tertiary/aromatic N) is 1. The van der Waals surface area contributed by atoms with Gasteiger partial charge in [0, 0.05) is 11.9 Å². The summed E-state index contributed by atoms with van der Waals surface area (Å²) in [5.41, 5.74) is 6.68. The summed E-state index contributed by atoms with van der Waals surface area (Å²) >= 11 is 0. The van der Waals surface area contributed by atoms with Crippen LogP contribution in [0.3, 0.4) is 0 Å². The smallest absolute Gasteiger partial charge is 0.0921 e. The van der Waals surface area contributed by atoms with Crippen LogP contribution in [0.4, 0.5) is 0 Å². The Hall–Kier alpha value is -3.13. The number of imidazole rings is 1. The lowest BCUT2D eigenvalue weighted by molar-refractivity contribution is 0.560. The first-order chi connectivity index (χ1) is 16.8. The van der Waals surface area contributed by atoms with Gasteiger partial charge in [0.15, 0.2) is 0 Å². The van der Waals surface area contributed by atoms with Crippen molar-refractivity contribution in [2.45, 2.75) is 74.1 Å². The van der Waals surface area contributed by atoms with Crippen LogP contribution in [0.5, 0.6) is 0 Å². The zero-order valence-electron chi connectivity index (χ0n) is 23.1. The molecule has 0 spiro atoms. The van der Waals surface area contributed by atoms with Crippen molar-refractivity contribution in [2.24, 2.45) is 5.92 Å². The molecule has 0 aliphatic carbocycles. The van der Waals surface area contributed by atoms with Crippen LogP contribution in [0.25, 0.3) is 10.8 Å². The maximum Gasteiger partial charge on any atom is 0.0921 e. The molecular formula is C33H46N2. The lowest BCUT2D eigenvalue weighted by Gasteiger charge is -2.06. The molecule has 2 heteroatoms. The van der Waals surface area contributed by atoms with Gasteiger partial charge in [-0.15, -0.1) is 6.58 Å². The van der Waals surface area contributed by atoms with Gasteiger partial charge in [0.25, 0.3) is 0 Å². The number of H-pyrrole nitrogens is 1. The number of aromatic nitrogens is 2. The normalized spacial score (nSPS) is 10.6. The van der Waals surface area contributed by atoms with Crippen molar-refractivity contribution >= 4 is 10.8 Å². The standard InChI is InChI=1S/C13H14.C11H16.C5H8N2.C4H8/c1-3-11-9-13-7-5-4-6-12(13)8-10(11)2;1-3-10(2)9-11-7-5-4-6-8-11;1-2-5-3-6-4-7-5;1-4(2)3/h4-9H,3H2,1-2H3;4-8,10H,3,9H2,1-2H3;3-4H,2H2,1H3,(H,6,7);1H2,2-3H3. The molecule has 1 heterocycles. The number of nitrogens with one attached hydrogen (secondary N) is 1. The zero-order chi connectivity index (χ0) is 26.1. The van der Waals surface area contributed by atoms with Crippen LogP contribution in [0.1, 0.15) is 70.3 Å². The summed E-state index contributed by atoms with van der Waals surface area (Å²) in [6.45, 7) is 18.5. The number of benzene rings is 3. The summed E-state index contributed by atoms with van der Waals surface area (Å²) < 4.78 is 0. The molecule has 0 aliphatic rings. The molecule has 0 bridgehead atoms. The maximum atomic E-state index is 3.84. The van der Waals surface area contributed by atoms with Crippen LogP contribution in [0.2, 0.25) is 0 Å². The van der Waals surface area contributed by atoms with Gasteiger partial charge in [-0.25, -0.2) is 4.98 Å². The van der Waals surface area contributed by atoms with Crippen LogP contribution in [-0.4, -0.2) is 9.97 Å². The molecule has 4 aromatic rings. The fraction of sp³-hybridized carbons (Fsp3) is 0.364. The molecule has 0 fully saturated rings. The van der Waals surface area contributed by atoms with Crippen LogP contribution in [-0.2, 0) is 19.3 Å². The van der Waals surface area contributed by atoms with Gasteiger partial charge in [0.2, 0.25) is 0 Å². The summed E-state index contributed by atoms with van der Waals surface area (Å²) in [5, 5.41) is 2.70. The number of rotatable bonds is 5. The topological polar surface area (TPSA) is 28.7 Å². The fourth-order valence-electron chi connectivity index (χ4n) is 3.42. The van der Waals surface area contributed by atoms with E-state index in [1.807, 2.05) is 20.0 Å². The number of aromatic amines is 1. The largest absolute Gasteiger partial charge is 0.349 e. The molecule has 0 amide bonds. The van der Waals surface area contributed by atoms with Gasteiger partial charge in [-0.3, -0.25) is 0 Å². The predicted molar refractivity (Wildman–Crippen MR) is 156 cm³/mol. The average molecular weight is 471 g/mol. The van der Waals surface area contributed by atoms with Crippen molar-refractivity contribution in [2.75, 3.05) is 0 Å². The molecule has 4 rings (SSSR count). The first-order valence-electron chi connectivity index (χ1n) is 12.9. The van der Waals surface area contributed by atoms with E-state index in [1.165, 1.54) is 51.6 Å². The van der Waals surface area contributed by atoms with Crippen LogP contribution >= 0.6 is 0 Å². The minimum absolute atomic E-state index is 0.817. The minimum atomic E-state index is 0.817. The molecule has 3 aromatic carbocycles. The van der Waals surface area contributed by atoms with E-state index in [0.717, 1.165) is 18.8 Å². The van der Waals surface area contributed by atoms with Gasteiger partial charge >= 0.3 is 0 Å². The second kappa shape index (κ2) is 17.3. The van der Waals surface area contributed by atoms with Gasteiger partial charge in [-0.05, 0) is 73.4 Å². The highest BCUT2D eigenvalue weighted by atomic mass is 14.8. The van der Waals surface area contributed by atoms with Gasteiger partial charge < -0.3 is 4.98 Å². The Morgan fingerprint density at radius 1 is 0.886 bits per heavy atom. The van der Waals surface area contributed by atoms with E-state index in [9.17, 15) is 0 Å². The molecule has 188 valence electrons. The van der Waals surface area contributed by atoms with E-state index >= 15 is 0 Å². The number of allylic oxidation sites excluding steroid dienone is 1. The average Bonchev–Trinajstić information content (AvgIpc) is 3.39. The van der Waals surface area contributed by atoms with E-state index in [1.54, 1.807) is 6.33 Å². The highest BCUT2D eigenvalue weighted by Gasteiger charge is 1.99. The Balaban J connectivity index is 0.000000252. The van der Waals surface area contributed by atoms with Crippen LogP contribution in [0.15, 0.2) is 91.4 Å². The quantitative estimate of drug-likeness (QED) is 0.289. The lowest BCUT2D eigenvalue weighted by Crippen LogP contribution is -1.96. The first kappa shape index (κ1) is 29.9. The van der Waals surface area contributed by atoms with Crippen molar-refractivity contribution in [1.82, 2.24) is 9.97 Å². The van der Waals surface area contributed by atoms with Crippen molar-refractivity contribution in [3.63, 3.8) is 0 Å². The summed E-state index contributed by atoms with van der Waals surface area (Å²) in [5.74, 6) is 0.817. The van der Waals surface area contributed by atoms with Crippen molar-refractivity contribution in [1.29, 1.82) is 0 Å². The molecule has 1 atom stereocenters. The molecular weight excluding hydrogens is 424 g/mol. The van der Waals surface area contributed by atoms with E-state index in [0.29, 0.717) is 0 Å². The highest BCUT2D eigenvalue weighted by molar-refractivity contribution is 5.84. The van der Waals surface area contributed by atoms with E-state index in [2.05, 4.69) is 118 Å². The Labute approximate surface area is 214 Å². The Kier molecular flexibility index (Phi) is 14.8. The van der Waals surface area contributed by atoms with Crippen LogP contribution < -0.4 is 0 Å². The van der Waals surface area contributed by atoms with Gasteiger partial charge in [-0.1, -0.05) is 106 Å². The Morgan fingerprint density at radius 3 is 1.91 bits per heavy atom. The van der Waals surface area contributed by atoms with Gasteiger partial charge in [-0.2, -0.15) is 0 Å². The zero-order valence-corrected chi connectivity index (χ0v) is 23.1. The molecule has 0 saturated heterocycles. The third-order valence-electron chi connectivity index (χ3n) is 5.64. The summed E-state index contributed by atoms with van der Waals surface area (Å²) in [4.78, 5) is 6.81. The van der Waals surface area contributed by atoms with Crippen molar-refractivity contribution < 1.29 is 0 Å². The Morgan fingerprint density at radius 2 is 1.46 bits per heavy atom. The minimum Gasteiger partial charge on any atom is -0.349 e. The SMILES string of the molecule is C=C(C)C.CCC(C)Cc1ccccc1.CCc1cc2ccccc2cc1C.CCc1cnc[nH]1. The molecule has 1 N–H and O–H groups in total. The van der Waals surface area contributed by atoms with E-state index in [-0.39, 0.29) is 0 Å². The third kappa shape index (κ3) is 12.8. The fourth-order valence-corrected chi connectivity index (χ4v) is 3.42. The number of hydrogen-bond acceptors (Lipinski definition) is 1. The number of aryl methyl sites for hydroxylation is 3. The second-order valence-corrected chi connectivity index (χ2v) is 9.32. The molecule has 35 heavy (non-hydrogen) atoms. The first-order valence-corrected chi connectivity index (χ1v) is 12.9. The summed E-state index contributed by atoms with van der Waals surface area (Å²) in [6, 6.07) is 23.8. The second-order valence-electron chi connectivity index (χ2n) is 9.32. The van der Waals surface area contributed by atoms with Gasteiger partial charge in [0.1, 0.15) is 0 Å². The van der Waals surface area contributed by atoms with Gasteiger partial charge in [0.05, 0.1) is 6.33 Å². The van der Waals surface area contributed by atoms with Crippen LogP contribution in [0, 0.1) is 12.8 Å². The van der Waals surface area contributed by atoms with Crippen molar-refractivity contribution in [3.05, 3.63) is 114 Å². The summed E-state index contributed by atoms with van der Waals surface area (Å²) in [6.07, 6.45) is 8.18. The third-order valence-corrected chi connectivity index (χ3v) is 5.64. The summed E-state index contributed by atoms with van der Waals surface area (Å²) in [7, 11) is 0. The van der Waals surface area contributed by atoms with E-state index in [4.69, 9.17) is 0 Å². The monoisotopic (exact) mass is 470 g/mol. The highest BCUT2D eigenvalue weighted by Crippen LogP contribution is 2.19. The molecule has 0 saturated carbocycles. The Bertz CT molecular complexity index is 1070. The number of fused-ring (bicyclic) bond motifs is 1. The molecule has 0 aliphatic heterocycles. The maximum absolute atomic E-state index is 3.84. The predicted octanol–water partition coefficient (Wildman–Crippen LogP) is 9.54. The van der Waals surface area contributed by atoms with E-state index < -0.39 is 0 Å². The number of hydrogen-bond donors (Lipinski definition) is 1.